The smallest absolute Gasteiger partial charge is 0.104 e. The van der Waals surface area contributed by atoms with Crippen LogP contribution in [0.3, 0.4) is 0 Å². The Morgan fingerprint density at radius 2 is 2.35 bits per heavy atom. The summed E-state index contributed by atoms with van der Waals surface area (Å²) in [6.07, 6.45) is 1.40. The van der Waals surface area contributed by atoms with Gasteiger partial charge in [0.2, 0.25) is 0 Å². The Labute approximate surface area is 115 Å². The van der Waals surface area contributed by atoms with Crippen LogP contribution in [0.15, 0.2) is 22.7 Å². The van der Waals surface area contributed by atoms with E-state index in [2.05, 4.69) is 26.9 Å². The van der Waals surface area contributed by atoms with Crippen molar-refractivity contribution in [3.63, 3.8) is 0 Å². The molecule has 5 heteroatoms. The van der Waals surface area contributed by atoms with Gasteiger partial charge in [-0.1, -0.05) is 12.2 Å². The van der Waals surface area contributed by atoms with Crippen molar-refractivity contribution in [3.8, 4) is 0 Å². The third-order valence-electron chi connectivity index (χ3n) is 3.05. The molecular formula is C12H15BrN2OS. The SMILES string of the molecule is COC1CCN(c2ccc(C(N)=S)cc2Br)C1. The van der Waals surface area contributed by atoms with Crippen LogP contribution in [0.25, 0.3) is 0 Å². The molecule has 0 spiro atoms. The van der Waals surface area contributed by atoms with Crippen LogP contribution in [-0.4, -0.2) is 31.3 Å². The van der Waals surface area contributed by atoms with E-state index in [0.29, 0.717) is 11.1 Å². The molecule has 1 unspecified atom stereocenters. The van der Waals surface area contributed by atoms with Crippen LogP contribution >= 0.6 is 28.1 Å². The molecule has 17 heavy (non-hydrogen) atoms. The van der Waals surface area contributed by atoms with Crippen molar-refractivity contribution in [2.24, 2.45) is 5.73 Å². The van der Waals surface area contributed by atoms with E-state index in [1.54, 1.807) is 7.11 Å². The van der Waals surface area contributed by atoms with Gasteiger partial charge >= 0.3 is 0 Å². The predicted octanol–water partition coefficient (Wildman–Crippen LogP) is 2.31. The fourth-order valence-corrected chi connectivity index (χ4v) is 2.81. The highest BCUT2D eigenvalue weighted by atomic mass is 79.9. The van der Waals surface area contributed by atoms with E-state index in [4.69, 9.17) is 22.7 Å². The maximum Gasteiger partial charge on any atom is 0.104 e. The number of methoxy groups -OCH3 is 1. The highest BCUT2D eigenvalue weighted by molar-refractivity contribution is 9.10. The van der Waals surface area contributed by atoms with Crippen molar-refractivity contribution in [1.82, 2.24) is 0 Å². The lowest BCUT2D eigenvalue weighted by Crippen LogP contribution is -2.22. The Bertz CT molecular complexity index is 439. The molecule has 2 N–H and O–H groups in total. The molecule has 1 fully saturated rings. The molecule has 2 rings (SSSR count). The summed E-state index contributed by atoms with van der Waals surface area (Å²) in [5.74, 6) is 0. The Kier molecular flexibility index (Phi) is 4.01. The van der Waals surface area contributed by atoms with Gasteiger partial charge in [-0.05, 0) is 40.5 Å². The molecule has 0 saturated carbocycles. The van der Waals surface area contributed by atoms with E-state index in [-0.39, 0.29) is 0 Å². The Morgan fingerprint density at radius 3 is 2.88 bits per heavy atom. The highest BCUT2D eigenvalue weighted by Crippen LogP contribution is 2.30. The predicted molar refractivity (Wildman–Crippen MR) is 77.7 cm³/mol. The number of rotatable bonds is 3. The second-order valence-corrected chi connectivity index (χ2v) is 5.42. The van der Waals surface area contributed by atoms with Crippen molar-refractivity contribution < 1.29 is 4.74 Å². The summed E-state index contributed by atoms with van der Waals surface area (Å²) in [4.78, 5) is 2.73. The summed E-state index contributed by atoms with van der Waals surface area (Å²) in [5, 5.41) is 0. The lowest BCUT2D eigenvalue weighted by atomic mass is 10.2. The van der Waals surface area contributed by atoms with Gasteiger partial charge in [0.15, 0.2) is 0 Å². The monoisotopic (exact) mass is 314 g/mol. The molecule has 0 aromatic heterocycles. The van der Waals surface area contributed by atoms with E-state index >= 15 is 0 Å². The van der Waals surface area contributed by atoms with E-state index in [1.165, 1.54) is 5.69 Å². The Morgan fingerprint density at radius 1 is 1.59 bits per heavy atom. The highest BCUT2D eigenvalue weighted by Gasteiger charge is 2.23. The Balaban J connectivity index is 2.20. The number of thiocarbonyl (C=S) groups is 1. The van der Waals surface area contributed by atoms with Gasteiger partial charge in [-0.25, -0.2) is 0 Å². The first-order chi connectivity index (χ1) is 8.11. The molecule has 1 atom stereocenters. The van der Waals surface area contributed by atoms with Crippen molar-refractivity contribution in [2.45, 2.75) is 12.5 Å². The fraction of sp³-hybridized carbons (Fsp3) is 0.417. The maximum atomic E-state index is 5.61. The summed E-state index contributed by atoms with van der Waals surface area (Å²) in [6.45, 7) is 1.95. The molecule has 0 bridgehead atoms. The number of benzene rings is 1. The molecule has 1 aromatic rings. The molecule has 0 radical (unpaired) electrons. The van der Waals surface area contributed by atoms with Crippen LogP contribution in [0, 0.1) is 0 Å². The van der Waals surface area contributed by atoms with Gasteiger partial charge in [0, 0.05) is 30.2 Å². The van der Waals surface area contributed by atoms with E-state index in [1.807, 2.05) is 12.1 Å². The first-order valence-corrected chi connectivity index (χ1v) is 6.69. The molecule has 0 aliphatic carbocycles. The van der Waals surface area contributed by atoms with E-state index in [0.717, 1.165) is 29.5 Å². The molecular weight excluding hydrogens is 300 g/mol. The minimum Gasteiger partial charge on any atom is -0.389 e. The van der Waals surface area contributed by atoms with Crippen LogP contribution < -0.4 is 10.6 Å². The minimum absolute atomic E-state index is 0.331. The van der Waals surface area contributed by atoms with Crippen molar-refractivity contribution in [2.75, 3.05) is 25.1 Å². The zero-order chi connectivity index (χ0) is 12.4. The van der Waals surface area contributed by atoms with Crippen molar-refractivity contribution >= 4 is 38.8 Å². The molecule has 92 valence electrons. The number of halogens is 1. The topological polar surface area (TPSA) is 38.5 Å². The third kappa shape index (κ3) is 2.78. The second-order valence-electron chi connectivity index (χ2n) is 4.12. The molecule has 1 aliphatic heterocycles. The lowest BCUT2D eigenvalue weighted by molar-refractivity contribution is 0.121. The lowest BCUT2D eigenvalue weighted by Gasteiger charge is -2.20. The van der Waals surface area contributed by atoms with Crippen molar-refractivity contribution in [3.05, 3.63) is 28.2 Å². The van der Waals surface area contributed by atoms with Gasteiger partial charge in [0.05, 0.1) is 11.8 Å². The maximum absolute atomic E-state index is 5.61. The average molecular weight is 315 g/mol. The zero-order valence-corrected chi connectivity index (χ0v) is 12.1. The van der Waals surface area contributed by atoms with Gasteiger partial charge in [0.1, 0.15) is 4.99 Å². The molecule has 3 nitrogen and oxygen atoms in total. The standard InChI is InChI=1S/C12H15BrN2OS/c1-16-9-4-5-15(7-9)11-3-2-8(12(14)17)6-10(11)13/h2-3,6,9H,4-5,7H2,1H3,(H2,14,17). The van der Waals surface area contributed by atoms with Crippen molar-refractivity contribution in [1.29, 1.82) is 0 Å². The van der Waals surface area contributed by atoms with Crippen LogP contribution in [0.4, 0.5) is 5.69 Å². The van der Waals surface area contributed by atoms with E-state index < -0.39 is 0 Å². The third-order valence-corrected chi connectivity index (χ3v) is 3.92. The number of ether oxygens (including phenoxy) is 1. The van der Waals surface area contributed by atoms with E-state index in [9.17, 15) is 0 Å². The summed E-state index contributed by atoms with van der Waals surface area (Å²) >= 11 is 8.53. The molecule has 1 heterocycles. The number of nitrogens with zero attached hydrogens (tertiary/aromatic N) is 1. The number of hydrogen-bond donors (Lipinski definition) is 1. The van der Waals surface area contributed by atoms with Crippen LogP contribution in [0.2, 0.25) is 0 Å². The van der Waals surface area contributed by atoms with Crippen LogP contribution in [0.5, 0.6) is 0 Å². The molecule has 1 saturated heterocycles. The largest absolute Gasteiger partial charge is 0.389 e. The van der Waals surface area contributed by atoms with Gasteiger partial charge in [-0.15, -0.1) is 0 Å². The normalized spacial score (nSPS) is 19.6. The van der Waals surface area contributed by atoms with Gasteiger partial charge in [-0.3, -0.25) is 0 Å². The first kappa shape index (κ1) is 12.8. The fourth-order valence-electron chi connectivity index (χ4n) is 2.06. The van der Waals surface area contributed by atoms with Crippen LogP contribution in [-0.2, 0) is 4.74 Å². The van der Waals surface area contributed by atoms with Crippen LogP contribution in [0.1, 0.15) is 12.0 Å². The molecule has 1 aliphatic rings. The summed E-state index contributed by atoms with van der Waals surface area (Å²) < 4.78 is 6.39. The summed E-state index contributed by atoms with van der Waals surface area (Å²) in [7, 11) is 1.76. The number of nitrogens with two attached hydrogens (primary N) is 1. The molecule has 0 amide bonds. The zero-order valence-electron chi connectivity index (χ0n) is 9.65. The van der Waals surface area contributed by atoms with Gasteiger partial charge in [-0.2, -0.15) is 0 Å². The van der Waals surface area contributed by atoms with Gasteiger partial charge in [0.25, 0.3) is 0 Å². The minimum atomic E-state index is 0.331. The molecule has 1 aromatic carbocycles. The quantitative estimate of drug-likeness (QED) is 0.869. The van der Waals surface area contributed by atoms with Gasteiger partial charge < -0.3 is 15.4 Å². The average Bonchev–Trinajstić information content (AvgIpc) is 2.77. The second kappa shape index (κ2) is 5.33. The Hall–Kier alpha value is -0.650. The number of hydrogen-bond acceptors (Lipinski definition) is 3. The summed E-state index contributed by atoms with van der Waals surface area (Å²) in [5.41, 5.74) is 7.66. The number of anilines is 1. The first-order valence-electron chi connectivity index (χ1n) is 5.49. The summed E-state index contributed by atoms with van der Waals surface area (Å²) in [6, 6.07) is 5.98.